The van der Waals surface area contributed by atoms with E-state index in [4.69, 9.17) is 0 Å². The Kier molecular flexibility index (Phi) is 2.98. The van der Waals surface area contributed by atoms with Crippen molar-refractivity contribution in [2.45, 2.75) is 57.0 Å². The van der Waals surface area contributed by atoms with Gasteiger partial charge in [-0.25, -0.2) is 0 Å². The van der Waals surface area contributed by atoms with E-state index in [9.17, 15) is 0 Å². The Balaban J connectivity index is 1.48. The largest absolute Gasteiger partial charge is 0.313 e. The highest BCUT2D eigenvalue weighted by molar-refractivity contribution is 4.90. The predicted molar refractivity (Wildman–Crippen MR) is 63.0 cm³/mol. The summed E-state index contributed by atoms with van der Waals surface area (Å²) >= 11 is 0. The van der Waals surface area contributed by atoms with E-state index < -0.39 is 0 Å². The summed E-state index contributed by atoms with van der Waals surface area (Å²) in [6, 6.07) is 1.78. The topological polar surface area (TPSA) is 15.3 Å². The fraction of sp³-hybridized carbons (Fsp3) is 1.00. The molecule has 0 aromatic carbocycles. The van der Waals surface area contributed by atoms with Gasteiger partial charge in [0.25, 0.3) is 0 Å². The quantitative estimate of drug-likeness (QED) is 0.743. The van der Waals surface area contributed by atoms with E-state index in [-0.39, 0.29) is 0 Å². The molecule has 2 aliphatic carbocycles. The molecule has 2 saturated carbocycles. The SMILES string of the molecule is C1CC(CN(CC2CCCN2)C2CC2)C1. The summed E-state index contributed by atoms with van der Waals surface area (Å²) in [6.45, 7) is 4.00. The van der Waals surface area contributed by atoms with Crippen LogP contribution in [0.2, 0.25) is 0 Å². The van der Waals surface area contributed by atoms with Crippen molar-refractivity contribution in [2.24, 2.45) is 5.92 Å². The molecular formula is C13H24N2. The fourth-order valence-corrected chi connectivity index (χ4v) is 3.02. The van der Waals surface area contributed by atoms with Gasteiger partial charge in [0, 0.05) is 25.2 Å². The molecule has 1 saturated heterocycles. The number of hydrogen-bond donors (Lipinski definition) is 1. The van der Waals surface area contributed by atoms with Crippen molar-refractivity contribution in [1.29, 1.82) is 0 Å². The Morgan fingerprint density at radius 3 is 2.33 bits per heavy atom. The zero-order valence-electron chi connectivity index (χ0n) is 9.75. The molecule has 0 radical (unpaired) electrons. The molecule has 3 aliphatic rings. The van der Waals surface area contributed by atoms with E-state index >= 15 is 0 Å². The van der Waals surface area contributed by atoms with E-state index in [0.29, 0.717) is 0 Å². The highest BCUT2D eigenvalue weighted by atomic mass is 15.2. The highest BCUT2D eigenvalue weighted by Gasteiger charge is 2.33. The van der Waals surface area contributed by atoms with Crippen LogP contribution >= 0.6 is 0 Å². The third-order valence-electron chi connectivity index (χ3n) is 4.40. The standard InChI is InChI=1S/C13H24N2/c1-3-11(4-1)9-15(13-6-7-13)10-12-5-2-8-14-12/h11-14H,1-10H2. The van der Waals surface area contributed by atoms with Crippen LogP contribution in [-0.2, 0) is 0 Å². The maximum Gasteiger partial charge on any atom is 0.0195 e. The van der Waals surface area contributed by atoms with Crippen LogP contribution in [0.3, 0.4) is 0 Å². The molecule has 0 aromatic rings. The Bertz CT molecular complexity index is 203. The number of nitrogens with one attached hydrogen (secondary N) is 1. The second-order valence-corrected chi connectivity index (χ2v) is 5.78. The minimum absolute atomic E-state index is 0.811. The lowest BCUT2D eigenvalue weighted by Crippen LogP contribution is -2.42. The Hall–Kier alpha value is -0.0800. The second kappa shape index (κ2) is 4.42. The molecular weight excluding hydrogens is 184 g/mol. The van der Waals surface area contributed by atoms with Crippen LogP contribution in [-0.4, -0.2) is 36.6 Å². The molecule has 3 rings (SSSR count). The van der Waals surface area contributed by atoms with Crippen LogP contribution in [0, 0.1) is 5.92 Å². The van der Waals surface area contributed by atoms with Gasteiger partial charge >= 0.3 is 0 Å². The Labute approximate surface area is 93.4 Å². The van der Waals surface area contributed by atoms with Crippen molar-refractivity contribution >= 4 is 0 Å². The van der Waals surface area contributed by atoms with Gasteiger partial charge in [-0.3, -0.25) is 4.90 Å². The van der Waals surface area contributed by atoms with Gasteiger partial charge in [0.05, 0.1) is 0 Å². The smallest absolute Gasteiger partial charge is 0.0195 e. The van der Waals surface area contributed by atoms with Crippen molar-refractivity contribution in [2.75, 3.05) is 19.6 Å². The molecule has 3 fully saturated rings. The molecule has 15 heavy (non-hydrogen) atoms. The molecule has 1 atom stereocenters. The van der Waals surface area contributed by atoms with E-state index in [1.54, 1.807) is 0 Å². The molecule has 2 heteroatoms. The van der Waals surface area contributed by atoms with Crippen LogP contribution in [0.15, 0.2) is 0 Å². The Morgan fingerprint density at radius 1 is 0.933 bits per heavy atom. The van der Waals surface area contributed by atoms with Crippen LogP contribution in [0.4, 0.5) is 0 Å². The summed E-state index contributed by atoms with van der Waals surface area (Å²) in [4.78, 5) is 2.80. The zero-order valence-corrected chi connectivity index (χ0v) is 9.75. The summed E-state index contributed by atoms with van der Waals surface area (Å²) in [7, 11) is 0. The molecule has 0 spiro atoms. The first kappa shape index (κ1) is 10.1. The average Bonchev–Trinajstić information content (AvgIpc) is 2.89. The minimum atomic E-state index is 0.811. The molecule has 1 heterocycles. The van der Waals surface area contributed by atoms with Crippen molar-refractivity contribution in [3.8, 4) is 0 Å². The Morgan fingerprint density at radius 2 is 1.80 bits per heavy atom. The molecule has 0 amide bonds. The third kappa shape index (κ3) is 2.54. The van der Waals surface area contributed by atoms with E-state index in [2.05, 4.69) is 10.2 Å². The van der Waals surface area contributed by atoms with Crippen molar-refractivity contribution in [3.05, 3.63) is 0 Å². The van der Waals surface area contributed by atoms with E-state index in [1.807, 2.05) is 0 Å². The van der Waals surface area contributed by atoms with Crippen molar-refractivity contribution < 1.29 is 0 Å². The number of hydrogen-bond acceptors (Lipinski definition) is 2. The van der Waals surface area contributed by atoms with Crippen LogP contribution < -0.4 is 5.32 Å². The summed E-state index contributed by atoms with van der Waals surface area (Å²) in [5, 5.41) is 3.64. The third-order valence-corrected chi connectivity index (χ3v) is 4.40. The first-order chi connectivity index (χ1) is 7.42. The van der Waals surface area contributed by atoms with Gasteiger partial charge in [0.1, 0.15) is 0 Å². The summed E-state index contributed by atoms with van der Waals surface area (Å²) in [6.07, 6.45) is 10.2. The normalized spacial score (nSPS) is 32.2. The van der Waals surface area contributed by atoms with Crippen LogP contribution in [0.1, 0.15) is 44.9 Å². The van der Waals surface area contributed by atoms with Gasteiger partial charge in [-0.15, -0.1) is 0 Å². The average molecular weight is 208 g/mol. The first-order valence-electron chi connectivity index (χ1n) is 6.89. The monoisotopic (exact) mass is 208 g/mol. The summed E-state index contributed by atoms with van der Waals surface area (Å²) < 4.78 is 0. The fourth-order valence-electron chi connectivity index (χ4n) is 3.02. The first-order valence-corrected chi connectivity index (χ1v) is 6.89. The lowest BCUT2D eigenvalue weighted by atomic mass is 9.85. The summed E-state index contributed by atoms with van der Waals surface area (Å²) in [5.41, 5.74) is 0. The number of nitrogens with zero attached hydrogens (tertiary/aromatic N) is 1. The number of rotatable bonds is 5. The lowest BCUT2D eigenvalue weighted by Gasteiger charge is -2.33. The molecule has 1 aliphatic heterocycles. The van der Waals surface area contributed by atoms with Gasteiger partial charge in [0.15, 0.2) is 0 Å². The second-order valence-electron chi connectivity index (χ2n) is 5.78. The highest BCUT2D eigenvalue weighted by Crippen LogP contribution is 2.33. The lowest BCUT2D eigenvalue weighted by molar-refractivity contribution is 0.160. The van der Waals surface area contributed by atoms with Gasteiger partial charge in [-0.05, 0) is 51.0 Å². The molecule has 86 valence electrons. The van der Waals surface area contributed by atoms with Gasteiger partial charge in [-0.1, -0.05) is 6.42 Å². The molecule has 0 bridgehead atoms. The van der Waals surface area contributed by atoms with E-state index in [1.165, 1.54) is 64.6 Å². The van der Waals surface area contributed by atoms with Crippen LogP contribution in [0.5, 0.6) is 0 Å². The molecule has 0 aromatic heterocycles. The minimum Gasteiger partial charge on any atom is -0.313 e. The maximum absolute atomic E-state index is 3.64. The van der Waals surface area contributed by atoms with Crippen molar-refractivity contribution in [3.63, 3.8) is 0 Å². The predicted octanol–water partition coefficient (Wildman–Crippen LogP) is 2.00. The summed E-state index contributed by atoms with van der Waals surface area (Å²) in [5.74, 6) is 1.05. The maximum atomic E-state index is 3.64. The van der Waals surface area contributed by atoms with Crippen LogP contribution in [0.25, 0.3) is 0 Å². The van der Waals surface area contributed by atoms with E-state index in [0.717, 1.165) is 18.0 Å². The van der Waals surface area contributed by atoms with Gasteiger partial charge in [0.2, 0.25) is 0 Å². The van der Waals surface area contributed by atoms with Crippen molar-refractivity contribution in [1.82, 2.24) is 10.2 Å². The molecule has 1 unspecified atom stereocenters. The molecule has 2 nitrogen and oxygen atoms in total. The van der Waals surface area contributed by atoms with Gasteiger partial charge in [-0.2, -0.15) is 0 Å². The van der Waals surface area contributed by atoms with Gasteiger partial charge < -0.3 is 5.32 Å². The molecule has 1 N–H and O–H groups in total. The zero-order chi connectivity index (χ0) is 10.1.